The summed E-state index contributed by atoms with van der Waals surface area (Å²) >= 11 is 0. The number of aromatic carboxylic acids is 1. The van der Waals surface area contributed by atoms with E-state index in [1.165, 1.54) is 0 Å². The summed E-state index contributed by atoms with van der Waals surface area (Å²) in [5.41, 5.74) is 0.170. The van der Waals surface area contributed by atoms with Crippen LogP contribution in [0.4, 0.5) is 4.39 Å². The van der Waals surface area contributed by atoms with Gasteiger partial charge in [0, 0.05) is 5.56 Å². The molecule has 1 aromatic rings. The number of aromatic amines is 1. The molecular formula is C8H8FNO3. The van der Waals surface area contributed by atoms with E-state index in [1.54, 1.807) is 0 Å². The van der Waals surface area contributed by atoms with Gasteiger partial charge in [0.25, 0.3) is 0 Å². The van der Waals surface area contributed by atoms with Gasteiger partial charge in [0.05, 0.1) is 11.8 Å². The molecule has 1 aliphatic rings. The first kappa shape index (κ1) is 8.25. The molecule has 5 heteroatoms. The molecule has 0 aromatic carbocycles. The molecule has 0 amide bonds. The van der Waals surface area contributed by atoms with Crippen molar-refractivity contribution in [3.05, 3.63) is 22.8 Å². The van der Waals surface area contributed by atoms with Crippen LogP contribution in [-0.2, 0) is 6.42 Å². The zero-order chi connectivity index (χ0) is 9.59. The quantitative estimate of drug-likeness (QED) is 0.606. The van der Waals surface area contributed by atoms with Crippen LogP contribution in [0.15, 0.2) is 0 Å². The van der Waals surface area contributed by atoms with Crippen LogP contribution in [0.2, 0.25) is 0 Å². The van der Waals surface area contributed by atoms with Crippen LogP contribution >= 0.6 is 0 Å². The van der Waals surface area contributed by atoms with Gasteiger partial charge in [0.15, 0.2) is 11.5 Å². The number of halogens is 1. The van der Waals surface area contributed by atoms with Crippen LogP contribution in [0.3, 0.4) is 0 Å². The monoisotopic (exact) mass is 185 g/mol. The lowest BCUT2D eigenvalue weighted by Crippen LogP contribution is -2.01. The van der Waals surface area contributed by atoms with Gasteiger partial charge in [-0.2, -0.15) is 0 Å². The van der Waals surface area contributed by atoms with Crippen LogP contribution in [0.25, 0.3) is 0 Å². The van der Waals surface area contributed by atoms with Crippen molar-refractivity contribution >= 4 is 5.97 Å². The number of carboxylic acids is 1. The van der Waals surface area contributed by atoms with E-state index < -0.39 is 23.6 Å². The summed E-state index contributed by atoms with van der Waals surface area (Å²) in [6.45, 7) is 0. The standard InChI is InChI=1S/C8H8FNO3/c9-5-3-1-2-4(11)6(3)10-7(5)8(12)13/h4,10-11H,1-2H2,(H,12,13). The van der Waals surface area contributed by atoms with Crippen LogP contribution in [0.1, 0.15) is 34.3 Å². The minimum absolute atomic E-state index is 0.310. The van der Waals surface area contributed by atoms with Crippen molar-refractivity contribution < 1.29 is 19.4 Å². The summed E-state index contributed by atoms with van der Waals surface area (Å²) in [4.78, 5) is 12.9. The molecule has 1 unspecified atom stereocenters. The Morgan fingerprint density at radius 1 is 1.62 bits per heavy atom. The number of fused-ring (bicyclic) bond motifs is 1. The number of carbonyl (C=O) groups is 1. The van der Waals surface area contributed by atoms with Crippen molar-refractivity contribution in [3.8, 4) is 0 Å². The van der Waals surface area contributed by atoms with Gasteiger partial charge in [-0.1, -0.05) is 0 Å². The zero-order valence-electron chi connectivity index (χ0n) is 6.67. The van der Waals surface area contributed by atoms with Gasteiger partial charge in [-0.25, -0.2) is 9.18 Å². The maximum absolute atomic E-state index is 13.2. The summed E-state index contributed by atoms with van der Waals surface area (Å²) in [5.74, 6) is -2.07. The molecule has 4 nitrogen and oxygen atoms in total. The number of hydrogen-bond acceptors (Lipinski definition) is 2. The van der Waals surface area contributed by atoms with Crippen LogP contribution in [-0.4, -0.2) is 21.2 Å². The topological polar surface area (TPSA) is 73.3 Å². The fourth-order valence-corrected chi connectivity index (χ4v) is 1.64. The number of aliphatic hydroxyl groups is 1. The molecule has 0 aliphatic heterocycles. The van der Waals surface area contributed by atoms with Crippen LogP contribution in [0.5, 0.6) is 0 Å². The van der Waals surface area contributed by atoms with Crippen molar-refractivity contribution in [2.75, 3.05) is 0 Å². The molecule has 1 atom stereocenters. The highest BCUT2D eigenvalue weighted by Gasteiger charge is 2.30. The third-order valence-corrected chi connectivity index (χ3v) is 2.28. The van der Waals surface area contributed by atoms with Gasteiger partial charge in [0.1, 0.15) is 0 Å². The highest BCUT2D eigenvalue weighted by Crippen LogP contribution is 2.33. The number of aromatic nitrogens is 1. The predicted molar refractivity (Wildman–Crippen MR) is 41.0 cm³/mol. The van der Waals surface area contributed by atoms with Crippen molar-refractivity contribution in [1.29, 1.82) is 0 Å². The molecule has 13 heavy (non-hydrogen) atoms. The highest BCUT2D eigenvalue weighted by atomic mass is 19.1. The molecule has 1 aliphatic carbocycles. The normalized spacial score (nSPS) is 20.3. The first-order valence-corrected chi connectivity index (χ1v) is 3.93. The molecule has 0 bridgehead atoms. The second kappa shape index (κ2) is 2.56. The molecule has 0 radical (unpaired) electrons. The molecular weight excluding hydrogens is 177 g/mol. The number of rotatable bonds is 1. The van der Waals surface area contributed by atoms with Crippen LogP contribution in [0, 0.1) is 5.82 Å². The molecule has 2 rings (SSSR count). The van der Waals surface area contributed by atoms with Gasteiger partial charge in [-0.15, -0.1) is 0 Å². The number of nitrogens with one attached hydrogen (secondary N) is 1. The van der Waals surface area contributed by atoms with Gasteiger partial charge >= 0.3 is 5.97 Å². The lowest BCUT2D eigenvalue weighted by molar-refractivity contribution is 0.0685. The van der Waals surface area contributed by atoms with E-state index in [0.717, 1.165) is 0 Å². The van der Waals surface area contributed by atoms with Crippen molar-refractivity contribution in [3.63, 3.8) is 0 Å². The molecule has 0 spiro atoms. The smallest absolute Gasteiger partial charge is 0.355 e. The fraction of sp³-hybridized carbons (Fsp3) is 0.375. The van der Waals surface area contributed by atoms with E-state index in [0.29, 0.717) is 24.1 Å². The minimum atomic E-state index is -1.33. The van der Waals surface area contributed by atoms with E-state index >= 15 is 0 Å². The summed E-state index contributed by atoms with van der Waals surface area (Å²) < 4.78 is 13.2. The number of aliphatic hydroxyl groups excluding tert-OH is 1. The summed E-state index contributed by atoms with van der Waals surface area (Å²) in [7, 11) is 0. The van der Waals surface area contributed by atoms with E-state index in [1.807, 2.05) is 0 Å². The van der Waals surface area contributed by atoms with Gasteiger partial charge < -0.3 is 15.2 Å². The average molecular weight is 185 g/mol. The molecule has 1 aromatic heterocycles. The largest absolute Gasteiger partial charge is 0.476 e. The maximum atomic E-state index is 13.2. The molecule has 1 heterocycles. The van der Waals surface area contributed by atoms with Crippen molar-refractivity contribution in [1.82, 2.24) is 4.98 Å². The first-order chi connectivity index (χ1) is 6.11. The van der Waals surface area contributed by atoms with Gasteiger partial charge in [-0.3, -0.25) is 0 Å². The van der Waals surface area contributed by atoms with E-state index in [4.69, 9.17) is 5.11 Å². The van der Waals surface area contributed by atoms with E-state index in [-0.39, 0.29) is 0 Å². The van der Waals surface area contributed by atoms with Crippen molar-refractivity contribution in [2.24, 2.45) is 0 Å². The Balaban J connectivity index is 2.55. The average Bonchev–Trinajstić information content (AvgIpc) is 2.55. The lowest BCUT2D eigenvalue weighted by Gasteiger charge is -1.98. The van der Waals surface area contributed by atoms with Gasteiger partial charge in [-0.05, 0) is 12.8 Å². The Morgan fingerprint density at radius 2 is 2.31 bits per heavy atom. The third kappa shape index (κ3) is 1.04. The minimum Gasteiger partial charge on any atom is -0.476 e. The summed E-state index contributed by atoms with van der Waals surface area (Å²) in [6.07, 6.45) is 0.0991. The van der Waals surface area contributed by atoms with E-state index in [2.05, 4.69) is 4.98 Å². The summed E-state index contributed by atoms with van der Waals surface area (Å²) in [5, 5.41) is 17.9. The Labute approximate surface area is 73.0 Å². The molecule has 0 fully saturated rings. The second-order valence-electron chi connectivity index (χ2n) is 3.07. The number of carboxylic acid groups (broad SMARTS) is 1. The molecule has 0 saturated heterocycles. The Morgan fingerprint density at radius 3 is 2.85 bits per heavy atom. The molecule has 0 saturated carbocycles. The highest BCUT2D eigenvalue weighted by molar-refractivity contribution is 5.86. The first-order valence-electron chi connectivity index (χ1n) is 3.93. The van der Waals surface area contributed by atoms with Crippen molar-refractivity contribution in [2.45, 2.75) is 18.9 Å². The van der Waals surface area contributed by atoms with Crippen LogP contribution < -0.4 is 0 Å². The Kier molecular flexibility index (Phi) is 1.63. The summed E-state index contributed by atoms with van der Waals surface area (Å²) in [6, 6.07) is 0. The number of H-pyrrole nitrogens is 1. The SMILES string of the molecule is O=C(O)c1[nH]c2c(c1F)CCC2O. The fourth-order valence-electron chi connectivity index (χ4n) is 1.64. The Bertz CT molecular complexity index is 372. The third-order valence-electron chi connectivity index (χ3n) is 2.28. The second-order valence-corrected chi connectivity index (χ2v) is 3.07. The number of hydrogen-bond donors (Lipinski definition) is 3. The zero-order valence-corrected chi connectivity index (χ0v) is 6.67. The van der Waals surface area contributed by atoms with Gasteiger partial charge in [0.2, 0.25) is 0 Å². The lowest BCUT2D eigenvalue weighted by atomic mass is 10.2. The van der Waals surface area contributed by atoms with E-state index in [9.17, 15) is 14.3 Å². The molecule has 70 valence electrons. The Hall–Kier alpha value is -1.36. The predicted octanol–water partition coefficient (Wildman–Crippen LogP) is 0.832. The maximum Gasteiger partial charge on any atom is 0.355 e. The molecule has 3 N–H and O–H groups in total.